The number of aliphatic hydroxyl groups excluding tert-OH is 1. The topological polar surface area (TPSA) is 111 Å². The van der Waals surface area contributed by atoms with Crippen LogP contribution < -0.4 is 19.1 Å². The standard InChI is InChI=1S/C29H23ClFN3O6S2/c1-38-20-12-17(13-21(39-2)26(20)40-3)23-22(24(35)15-8-10-18(31)11-9-15)25(36)27(37)34(23)28-32-33-29(42-28)41-14-16-6-4-5-7-19(16)30/h4-13,23,35H,14H2,1-3H3/b24-22-. The van der Waals surface area contributed by atoms with Crippen LogP contribution >= 0.6 is 34.7 Å². The van der Waals surface area contributed by atoms with Gasteiger partial charge in [-0.1, -0.05) is 52.9 Å². The SMILES string of the molecule is COc1cc(C2/C(=C(/O)c3ccc(F)cc3)C(=O)C(=O)N2c2nnc(SCc3ccccc3Cl)s2)cc(OC)c1OC. The van der Waals surface area contributed by atoms with Crippen molar-refractivity contribution in [2.75, 3.05) is 26.2 Å². The number of carbonyl (C=O) groups is 2. The van der Waals surface area contributed by atoms with Crippen molar-refractivity contribution in [1.29, 1.82) is 0 Å². The van der Waals surface area contributed by atoms with E-state index in [9.17, 15) is 19.1 Å². The van der Waals surface area contributed by atoms with Crippen LogP contribution in [-0.2, 0) is 15.3 Å². The number of hydrogen-bond acceptors (Lipinski definition) is 10. The van der Waals surface area contributed by atoms with E-state index in [1.54, 1.807) is 18.2 Å². The molecule has 0 spiro atoms. The van der Waals surface area contributed by atoms with Gasteiger partial charge in [-0.25, -0.2) is 4.39 Å². The number of methoxy groups -OCH3 is 3. The maximum absolute atomic E-state index is 13.6. The summed E-state index contributed by atoms with van der Waals surface area (Å²) in [6.45, 7) is 0. The van der Waals surface area contributed by atoms with Crippen LogP contribution in [0.15, 0.2) is 70.6 Å². The van der Waals surface area contributed by atoms with Crippen molar-refractivity contribution in [1.82, 2.24) is 10.2 Å². The van der Waals surface area contributed by atoms with Crippen molar-refractivity contribution in [2.24, 2.45) is 0 Å². The smallest absolute Gasteiger partial charge is 0.301 e. The van der Waals surface area contributed by atoms with Crippen LogP contribution in [0, 0.1) is 5.82 Å². The Bertz CT molecular complexity index is 1670. The lowest BCUT2D eigenvalue weighted by Crippen LogP contribution is -2.29. The molecule has 1 unspecified atom stereocenters. The van der Waals surface area contributed by atoms with Gasteiger partial charge < -0.3 is 19.3 Å². The number of nitrogens with zero attached hydrogens (tertiary/aromatic N) is 3. The van der Waals surface area contributed by atoms with E-state index < -0.39 is 29.3 Å². The molecular weight excluding hydrogens is 605 g/mol. The molecule has 2 heterocycles. The van der Waals surface area contributed by atoms with Crippen molar-refractivity contribution in [3.05, 3.63) is 93.8 Å². The molecule has 1 fully saturated rings. The third-order valence-electron chi connectivity index (χ3n) is 6.48. The molecule has 1 aliphatic rings. The van der Waals surface area contributed by atoms with Crippen LogP contribution in [0.4, 0.5) is 9.52 Å². The number of aromatic nitrogens is 2. The number of ether oxygens (including phenoxy) is 3. The molecule has 1 atom stereocenters. The largest absolute Gasteiger partial charge is 0.507 e. The Labute approximate surface area is 253 Å². The Morgan fingerprint density at radius 1 is 1.02 bits per heavy atom. The first-order valence-corrected chi connectivity index (χ1v) is 14.5. The number of halogens is 2. The molecule has 0 aliphatic carbocycles. The zero-order chi connectivity index (χ0) is 30.0. The fourth-order valence-corrected chi connectivity index (χ4v) is 6.63. The second-order valence-corrected chi connectivity index (χ2v) is 11.5. The Morgan fingerprint density at radius 2 is 1.69 bits per heavy atom. The second kappa shape index (κ2) is 12.4. The molecule has 3 aromatic carbocycles. The van der Waals surface area contributed by atoms with Crippen LogP contribution in [0.2, 0.25) is 5.02 Å². The van der Waals surface area contributed by atoms with Gasteiger partial charge in [-0.05, 0) is 53.6 Å². The zero-order valence-corrected chi connectivity index (χ0v) is 24.8. The minimum Gasteiger partial charge on any atom is -0.507 e. The van der Waals surface area contributed by atoms with Crippen molar-refractivity contribution >= 4 is 57.3 Å². The van der Waals surface area contributed by atoms with E-state index in [1.165, 1.54) is 50.1 Å². The van der Waals surface area contributed by atoms with E-state index in [4.69, 9.17) is 25.8 Å². The van der Waals surface area contributed by atoms with Gasteiger partial charge in [0.15, 0.2) is 15.8 Å². The monoisotopic (exact) mass is 627 g/mol. The first-order chi connectivity index (χ1) is 20.3. The van der Waals surface area contributed by atoms with Gasteiger partial charge in [0.2, 0.25) is 10.9 Å². The number of aliphatic hydroxyl groups is 1. The summed E-state index contributed by atoms with van der Waals surface area (Å²) in [4.78, 5) is 28.2. The maximum atomic E-state index is 13.6. The summed E-state index contributed by atoms with van der Waals surface area (Å²) >= 11 is 8.76. The predicted molar refractivity (Wildman–Crippen MR) is 158 cm³/mol. The summed E-state index contributed by atoms with van der Waals surface area (Å²) in [5.41, 5.74) is 1.20. The first kappa shape index (κ1) is 29.4. The van der Waals surface area contributed by atoms with E-state index >= 15 is 0 Å². The summed E-state index contributed by atoms with van der Waals surface area (Å²) in [5, 5.41) is 20.5. The fourth-order valence-electron chi connectivity index (χ4n) is 4.48. The van der Waals surface area contributed by atoms with E-state index in [0.29, 0.717) is 26.4 Å². The van der Waals surface area contributed by atoms with Gasteiger partial charge >= 0.3 is 5.91 Å². The van der Waals surface area contributed by atoms with Crippen LogP contribution in [0.25, 0.3) is 5.76 Å². The lowest BCUT2D eigenvalue weighted by atomic mass is 9.94. The number of thioether (sulfide) groups is 1. The van der Waals surface area contributed by atoms with E-state index in [-0.39, 0.29) is 27.8 Å². The highest BCUT2D eigenvalue weighted by atomic mass is 35.5. The Balaban J connectivity index is 1.62. The van der Waals surface area contributed by atoms with Gasteiger partial charge in [0.05, 0.1) is 32.9 Å². The minimum atomic E-state index is -1.15. The molecule has 0 bridgehead atoms. The molecule has 1 aromatic heterocycles. The van der Waals surface area contributed by atoms with Gasteiger partial charge in [0.1, 0.15) is 11.6 Å². The van der Waals surface area contributed by atoms with Crippen molar-refractivity contribution in [2.45, 2.75) is 16.1 Å². The van der Waals surface area contributed by atoms with E-state index in [1.807, 2.05) is 18.2 Å². The van der Waals surface area contributed by atoms with E-state index in [0.717, 1.165) is 29.0 Å². The molecule has 0 radical (unpaired) electrons. The maximum Gasteiger partial charge on any atom is 0.301 e. The van der Waals surface area contributed by atoms with Gasteiger partial charge in [-0.2, -0.15) is 0 Å². The van der Waals surface area contributed by atoms with Gasteiger partial charge in [0, 0.05) is 16.3 Å². The Morgan fingerprint density at radius 3 is 2.31 bits per heavy atom. The first-order valence-electron chi connectivity index (χ1n) is 12.3. The highest BCUT2D eigenvalue weighted by Gasteiger charge is 2.49. The number of hydrogen-bond donors (Lipinski definition) is 1. The molecule has 1 amide bonds. The lowest BCUT2D eigenvalue weighted by Gasteiger charge is -2.24. The molecule has 13 heteroatoms. The molecular formula is C29H23ClFN3O6S2. The normalized spacial score (nSPS) is 16.1. The number of carbonyl (C=O) groups excluding carboxylic acids is 2. The molecule has 9 nitrogen and oxygen atoms in total. The van der Waals surface area contributed by atoms with Crippen LogP contribution in [0.3, 0.4) is 0 Å². The highest BCUT2D eigenvalue weighted by molar-refractivity contribution is 8.00. The van der Waals surface area contributed by atoms with Crippen molar-refractivity contribution in [3.8, 4) is 17.2 Å². The molecule has 4 aromatic rings. The Kier molecular flexibility index (Phi) is 8.66. The highest BCUT2D eigenvalue weighted by Crippen LogP contribution is 2.48. The van der Waals surface area contributed by atoms with Crippen LogP contribution in [0.5, 0.6) is 17.2 Å². The Hall–Kier alpha value is -4.13. The molecule has 5 rings (SSSR count). The lowest BCUT2D eigenvalue weighted by molar-refractivity contribution is -0.132. The zero-order valence-electron chi connectivity index (χ0n) is 22.5. The van der Waals surface area contributed by atoms with Gasteiger partial charge in [-0.3, -0.25) is 14.5 Å². The molecule has 1 saturated heterocycles. The average Bonchev–Trinajstić information content (AvgIpc) is 3.57. The predicted octanol–water partition coefficient (Wildman–Crippen LogP) is 6.28. The fraction of sp³-hybridized carbons (Fsp3) is 0.172. The van der Waals surface area contributed by atoms with Crippen molar-refractivity contribution in [3.63, 3.8) is 0 Å². The summed E-state index contributed by atoms with van der Waals surface area (Å²) in [5.74, 6) is -1.52. The summed E-state index contributed by atoms with van der Waals surface area (Å²) in [6.07, 6.45) is 0. The average molecular weight is 628 g/mol. The summed E-state index contributed by atoms with van der Waals surface area (Å²) < 4.78 is 30.6. The molecule has 0 saturated carbocycles. The van der Waals surface area contributed by atoms with Gasteiger partial charge in [0.25, 0.3) is 5.78 Å². The van der Waals surface area contributed by atoms with Crippen LogP contribution in [-0.4, -0.2) is 48.3 Å². The molecule has 216 valence electrons. The molecule has 42 heavy (non-hydrogen) atoms. The third kappa shape index (κ3) is 5.52. The number of Topliss-reactive ketones (excluding diaryl/α,β-unsaturated/α-hetero) is 1. The number of amides is 1. The van der Waals surface area contributed by atoms with Gasteiger partial charge in [-0.15, -0.1) is 10.2 Å². The third-order valence-corrected chi connectivity index (χ3v) is 8.95. The summed E-state index contributed by atoms with van der Waals surface area (Å²) in [6, 6.07) is 14.3. The number of benzene rings is 3. The molecule has 1 N–H and O–H groups in total. The molecule has 1 aliphatic heterocycles. The number of ketones is 1. The summed E-state index contributed by atoms with van der Waals surface area (Å²) in [7, 11) is 4.32. The minimum absolute atomic E-state index is 0.135. The second-order valence-electron chi connectivity index (χ2n) is 8.87. The van der Waals surface area contributed by atoms with Crippen LogP contribution in [0.1, 0.15) is 22.7 Å². The number of rotatable bonds is 9. The number of anilines is 1. The van der Waals surface area contributed by atoms with E-state index in [2.05, 4.69) is 10.2 Å². The van der Waals surface area contributed by atoms with Crippen molar-refractivity contribution < 1.29 is 33.3 Å². The quantitative estimate of drug-likeness (QED) is 0.0754.